The van der Waals surface area contributed by atoms with Gasteiger partial charge in [-0.05, 0) is 12.1 Å². The number of nitrogen functional groups attached to an aromatic ring is 1. The van der Waals surface area contributed by atoms with Crippen LogP contribution in [0.3, 0.4) is 0 Å². The standard InChI is InChI=1S/C9H10N2O2/c1-6(12)11-9(13)7-4-2-3-5-8(7)10/h2-5H,10H2,1H3,(H,11,12,13). The molecular formula is C9H10N2O2. The summed E-state index contributed by atoms with van der Waals surface area (Å²) in [6, 6.07) is 6.58. The number of benzene rings is 1. The second kappa shape index (κ2) is 3.71. The molecule has 0 aliphatic rings. The topological polar surface area (TPSA) is 72.2 Å². The highest BCUT2D eigenvalue weighted by atomic mass is 16.2. The summed E-state index contributed by atoms with van der Waals surface area (Å²) >= 11 is 0. The second-order valence-corrected chi connectivity index (χ2v) is 2.60. The van der Waals surface area contributed by atoms with Crippen molar-refractivity contribution >= 4 is 17.5 Å². The minimum atomic E-state index is -0.467. The SMILES string of the molecule is CC(=O)NC(=O)c1ccccc1N. The molecule has 1 rings (SSSR count). The molecule has 0 aliphatic heterocycles. The minimum absolute atomic E-state index is 0.317. The first-order valence-corrected chi connectivity index (χ1v) is 3.77. The second-order valence-electron chi connectivity index (χ2n) is 2.60. The van der Waals surface area contributed by atoms with Crippen molar-refractivity contribution in [3.8, 4) is 0 Å². The van der Waals surface area contributed by atoms with E-state index >= 15 is 0 Å². The molecule has 0 spiro atoms. The van der Waals surface area contributed by atoms with Gasteiger partial charge in [-0.3, -0.25) is 14.9 Å². The zero-order valence-corrected chi connectivity index (χ0v) is 7.20. The van der Waals surface area contributed by atoms with E-state index in [1.807, 2.05) is 0 Å². The molecule has 2 amide bonds. The summed E-state index contributed by atoms with van der Waals surface area (Å²) in [5, 5.41) is 2.14. The van der Waals surface area contributed by atoms with Crippen LogP contribution in [-0.2, 0) is 4.79 Å². The van der Waals surface area contributed by atoms with Crippen molar-refractivity contribution in [3.63, 3.8) is 0 Å². The molecule has 4 nitrogen and oxygen atoms in total. The smallest absolute Gasteiger partial charge is 0.259 e. The van der Waals surface area contributed by atoms with E-state index in [-0.39, 0.29) is 0 Å². The number of rotatable bonds is 1. The van der Waals surface area contributed by atoms with Crippen LogP contribution in [0.25, 0.3) is 0 Å². The minimum Gasteiger partial charge on any atom is -0.398 e. The highest BCUT2D eigenvalue weighted by molar-refractivity contribution is 6.06. The van der Waals surface area contributed by atoms with E-state index in [4.69, 9.17) is 5.73 Å². The van der Waals surface area contributed by atoms with Gasteiger partial charge in [-0.1, -0.05) is 12.1 Å². The van der Waals surface area contributed by atoms with Crippen LogP contribution in [0.1, 0.15) is 17.3 Å². The zero-order chi connectivity index (χ0) is 9.84. The molecule has 0 saturated carbocycles. The fraction of sp³-hybridized carbons (Fsp3) is 0.111. The average Bonchev–Trinajstić information content (AvgIpc) is 2.03. The Morgan fingerprint density at radius 1 is 1.31 bits per heavy atom. The lowest BCUT2D eigenvalue weighted by Crippen LogP contribution is -2.28. The van der Waals surface area contributed by atoms with Gasteiger partial charge >= 0.3 is 0 Å². The number of nitrogens with two attached hydrogens (primary N) is 1. The number of hydrogen-bond donors (Lipinski definition) is 2. The first kappa shape index (κ1) is 9.25. The van der Waals surface area contributed by atoms with Crippen LogP contribution in [0.2, 0.25) is 0 Å². The monoisotopic (exact) mass is 178 g/mol. The number of carbonyl (C=O) groups excluding carboxylic acids is 2. The number of amides is 2. The van der Waals surface area contributed by atoms with E-state index in [0.717, 1.165) is 0 Å². The van der Waals surface area contributed by atoms with Crippen LogP contribution in [0.4, 0.5) is 5.69 Å². The van der Waals surface area contributed by atoms with Crippen molar-refractivity contribution < 1.29 is 9.59 Å². The van der Waals surface area contributed by atoms with Crippen molar-refractivity contribution in [1.29, 1.82) is 0 Å². The van der Waals surface area contributed by atoms with E-state index in [0.29, 0.717) is 11.3 Å². The van der Waals surface area contributed by atoms with Crippen molar-refractivity contribution in [2.75, 3.05) is 5.73 Å². The summed E-state index contributed by atoms with van der Waals surface area (Å²) in [6.45, 7) is 1.27. The van der Waals surface area contributed by atoms with E-state index in [1.54, 1.807) is 24.3 Å². The number of carbonyl (C=O) groups is 2. The highest BCUT2D eigenvalue weighted by Crippen LogP contribution is 2.09. The number of imide groups is 1. The van der Waals surface area contributed by atoms with Crippen molar-refractivity contribution in [2.45, 2.75) is 6.92 Å². The van der Waals surface area contributed by atoms with Gasteiger partial charge in [0.15, 0.2) is 0 Å². The van der Waals surface area contributed by atoms with Crippen LogP contribution in [0.5, 0.6) is 0 Å². The molecular weight excluding hydrogens is 168 g/mol. The molecule has 68 valence electrons. The average molecular weight is 178 g/mol. The molecule has 0 unspecified atom stereocenters. The van der Waals surface area contributed by atoms with E-state index in [2.05, 4.69) is 5.32 Å². The summed E-state index contributed by atoms with van der Waals surface area (Å²) in [5.74, 6) is -0.862. The van der Waals surface area contributed by atoms with Crippen molar-refractivity contribution in [1.82, 2.24) is 5.32 Å². The summed E-state index contributed by atoms with van der Waals surface area (Å²) < 4.78 is 0. The Hall–Kier alpha value is -1.84. The van der Waals surface area contributed by atoms with Crippen molar-refractivity contribution in [3.05, 3.63) is 29.8 Å². The fourth-order valence-corrected chi connectivity index (χ4v) is 0.931. The van der Waals surface area contributed by atoms with Gasteiger partial charge in [-0.2, -0.15) is 0 Å². The van der Waals surface area contributed by atoms with Gasteiger partial charge in [0, 0.05) is 12.6 Å². The Morgan fingerprint density at radius 2 is 1.92 bits per heavy atom. The number of para-hydroxylation sites is 1. The lowest BCUT2D eigenvalue weighted by atomic mass is 10.2. The maximum absolute atomic E-state index is 11.3. The maximum atomic E-state index is 11.3. The molecule has 0 aromatic heterocycles. The van der Waals surface area contributed by atoms with Crippen LogP contribution in [-0.4, -0.2) is 11.8 Å². The number of nitrogens with one attached hydrogen (secondary N) is 1. The van der Waals surface area contributed by atoms with E-state index < -0.39 is 11.8 Å². The third-order valence-corrected chi connectivity index (χ3v) is 1.49. The fourth-order valence-electron chi connectivity index (χ4n) is 0.931. The van der Waals surface area contributed by atoms with Gasteiger partial charge in [0.25, 0.3) is 5.91 Å². The van der Waals surface area contributed by atoms with Crippen LogP contribution in [0, 0.1) is 0 Å². The Labute approximate surface area is 75.7 Å². The highest BCUT2D eigenvalue weighted by Gasteiger charge is 2.09. The molecule has 0 saturated heterocycles. The molecule has 1 aromatic carbocycles. The predicted octanol–water partition coefficient (Wildman–Crippen LogP) is 0.545. The third kappa shape index (κ3) is 2.30. The molecule has 13 heavy (non-hydrogen) atoms. The van der Waals surface area contributed by atoms with Crippen LogP contribution in [0.15, 0.2) is 24.3 Å². The van der Waals surface area contributed by atoms with E-state index in [1.165, 1.54) is 6.92 Å². The lowest BCUT2D eigenvalue weighted by molar-refractivity contribution is -0.118. The Balaban J connectivity index is 2.89. The molecule has 0 atom stereocenters. The first-order valence-electron chi connectivity index (χ1n) is 3.77. The molecule has 0 radical (unpaired) electrons. The Bertz CT molecular complexity index is 347. The molecule has 0 fully saturated rings. The van der Waals surface area contributed by atoms with Gasteiger partial charge < -0.3 is 5.73 Å². The number of anilines is 1. The molecule has 4 heteroatoms. The first-order chi connectivity index (χ1) is 6.11. The quantitative estimate of drug-likeness (QED) is 0.616. The number of hydrogen-bond acceptors (Lipinski definition) is 3. The Morgan fingerprint density at radius 3 is 2.46 bits per heavy atom. The lowest BCUT2D eigenvalue weighted by Gasteiger charge is -2.03. The summed E-state index contributed by atoms with van der Waals surface area (Å²) in [5.41, 5.74) is 6.20. The largest absolute Gasteiger partial charge is 0.398 e. The van der Waals surface area contributed by atoms with Gasteiger partial charge in [0.1, 0.15) is 0 Å². The summed E-state index contributed by atoms with van der Waals surface area (Å²) in [4.78, 5) is 21.8. The van der Waals surface area contributed by atoms with E-state index in [9.17, 15) is 9.59 Å². The van der Waals surface area contributed by atoms with Crippen LogP contribution >= 0.6 is 0 Å². The predicted molar refractivity (Wildman–Crippen MR) is 49.0 cm³/mol. The van der Waals surface area contributed by atoms with Crippen LogP contribution < -0.4 is 11.1 Å². The summed E-state index contributed by atoms with van der Waals surface area (Å²) in [6.07, 6.45) is 0. The molecule has 3 N–H and O–H groups in total. The van der Waals surface area contributed by atoms with Gasteiger partial charge in [0.2, 0.25) is 5.91 Å². The summed E-state index contributed by atoms with van der Waals surface area (Å²) in [7, 11) is 0. The molecule has 0 bridgehead atoms. The van der Waals surface area contributed by atoms with Crippen molar-refractivity contribution in [2.24, 2.45) is 0 Å². The zero-order valence-electron chi connectivity index (χ0n) is 7.20. The Kier molecular flexibility index (Phi) is 2.64. The molecule has 1 aromatic rings. The van der Waals surface area contributed by atoms with Gasteiger partial charge in [-0.15, -0.1) is 0 Å². The van der Waals surface area contributed by atoms with Gasteiger partial charge in [-0.25, -0.2) is 0 Å². The molecule has 0 aliphatic carbocycles. The molecule has 0 heterocycles. The third-order valence-electron chi connectivity index (χ3n) is 1.49. The maximum Gasteiger partial charge on any atom is 0.259 e. The normalized spacial score (nSPS) is 9.31. The van der Waals surface area contributed by atoms with Gasteiger partial charge in [0.05, 0.1) is 5.56 Å².